The van der Waals surface area contributed by atoms with Crippen molar-refractivity contribution in [2.24, 2.45) is 11.7 Å². The Balaban J connectivity index is 2.52. The summed E-state index contributed by atoms with van der Waals surface area (Å²) < 4.78 is 0. The van der Waals surface area contributed by atoms with E-state index in [9.17, 15) is 4.79 Å². The maximum atomic E-state index is 11.4. The van der Waals surface area contributed by atoms with Crippen LogP contribution in [0.15, 0.2) is 0 Å². The molecule has 4 heteroatoms. The zero-order chi connectivity index (χ0) is 12.1. The van der Waals surface area contributed by atoms with E-state index in [0.29, 0.717) is 19.0 Å². The highest BCUT2D eigenvalue weighted by molar-refractivity contribution is 5.76. The van der Waals surface area contributed by atoms with E-state index in [4.69, 9.17) is 5.73 Å². The molecule has 3 N–H and O–H groups in total. The van der Waals surface area contributed by atoms with Gasteiger partial charge in [-0.1, -0.05) is 0 Å². The molecule has 0 aliphatic heterocycles. The Morgan fingerprint density at radius 3 is 2.50 bits per heavy atom. The third-order valence-electron chi connectivity index (χ3n) is 3.27. The van der Waals surface area contributed by atoms with Gasteiger partial charge in [0, 0.05) is 38.6 Å². The molecule has 0 aromatic heterocycles. The largest absolute Gasteiger partial charge is 0.359 e. The summed E-state index contributed by atoms with van der Waals surface area (Å²) in [4.78, 5) is 13.8. The Morgan fingerprint density at radius 1 is 1.50 bits per heavy atom. The first-order valence-corrected chi connectivity index (χ1v) is 6.24. The topological polar surface area (TPSA) is 58.4 Å². The minimum atomic E-state index is 0.0805. The fourth-order valence-corrected chi connectivity index (χ4v) is 2.03. The van der Waals surface area contributed by atoms with Crippen LogP contribution in [0.1, 0.15) is 33.1 Å². The number of nitrogens with two attached hydrogens (primary N) is 1. The molecule has 0 aromatic carbocycles. The lowest BCUT2D eigenvalue weighted by Crippen LogP contribution is -2.47. The standard InChI is InChI=1S/C12H25N3O/c1-9(2)15(8-10-4-5-10)11(7-13)6-12(16)14-3/h9-11H,4-8,13H2,1-3H3,(H,14,16). The van der Waals surface area contributed by atoms with Gasteiger partial charge in [-0.15, -0.1) is 0 Å². The van der Waals surface area contributed by atoms with Gasteiger partial charge in [0.15, 0.2) is 0 Å². The molecule has 16 heavy (non-hydrogen) atoms. The van der Waals surface area contributed by atoms with Gasteiger partial charge >= 0.3 is 0 Å². The highest BCUT2D eigenvalue weighted by atomic mass is 16.1. The van der Waals surface area contributed by atoms with Crippen LogP contribution in [0.5, 0.6) is 0 Å². The number of carbonyl (C=O) groups excluding carboxylic acids is 1. The average molecular weight is 227 g/mol. The number of rotatable bonds is 7. The van der Waals surface area contributed by atoms with E-state index >= 15 is 0 Å². The summed E-state index contributed by atoms with van der Waals surface area (Å²) in [6.45, 7) is 6.00. The molecule has 1 aliphatic carbocycles. The Hall–Kier alpha value is -0.610. The summed E-state index contributed by atoms with van der Waals surface area (Å²) in [5.41, 5.74) is 5.79. The van der Waals surface area contributed by atoms with Gasteiger partial charge in [0.1, 0.15) is 0 Å². The molecular formula is C12H25N3O. The average Bonchev–Trinajstić information content (AvgIpc) is 3.06. The fourth-order valence-electron chi connectivity index (χ4n) is 2.03. The van der Waals surface area contributed by atoms with Gasteiger partial charge in [-0.2, -0.15) is 0 Å². The minimum Gasteiger partial charge on any atom is -0.359 e. The van der Waals surface area contributed by atoms with Crippen LogP contribution in [0.25, 0.3) is 0 Å². The van der Waals surface area contributed by atoms with Crippen LogP contribution in [0.3, 0.4) is 0 Å². The molecule has 1 fully saturated rings. The molecule has 0 spiro atoms. The van der Waals surface area contributed by atoms with Crippen LogP contribution in [0.2, 0.25) is 0 Å². The highest BCUT2D eigenvalue weighted by Crippen LogP contribution is 2.31. The van der Waals surface area contributed by atoms with Crippen LogP contribution in [0, 0.1) is 5.92 Å². The first kappa shape index (κ1) is 13.5. The number of hydrogen-bond acceptors (Lipinski definition) is 3. The van der Waals surface area contributed by atoms with Crippen molar-refractivity contribution in [3.8, 4) is 0 Å². The van der Waals surface area contributed by atoms with Crippen LogP contribution < -0.4 is 11.1 Å². The zero-order valence-electron chi connectivity index (χ0n) is 10.7. The molecule has 0 radical (unpaired) electrons. The van der Waals surface area contributed by atoms with Crippen LogP contribution in [0.4, 0.5) is 0 Å². The monoisotopic (exact) mass is 227 g/mol. The van der Waals surface area contributed by atoms with Crippen LogP contribution in [-0.2, 0) is 4.79 Å². The number of nitrogens with zero attached hydrogens (tertiary/aromatic N) is 1. The number of amides is 1. The maximum Gasteiger partial charge on any atom is 0.221 e. The van der Waals surface area contributed by atoms with E-state index in [1.165, 1.54) is 12.8 Å². The van der Waals surface area contributed by atoms with Gasteiger partial charge < -0.3 is 11.1 Å². The summed E-state index contributed by atoms with van der Waals surface area (Å²) in [6.07, 6.45) is 3.18. The smallest absolute Gasteiger partial charge is 0.221 e. The predicted molar refractivity (Wildman–Crippen MR) is 66.1 cm³/mol. The Kier molecular flexibility index (Phi) is 5.22. The lowest BCUT2D eigenvalue weighted by atomic mass is 10.1. The second-order valence-electron chi connectivity index (χ2n) is 5.00. The van der Waals surface area contributed by atoms with Gasteiger partial charge in [-0.3, -0.25) is 9.69 Å². The van der Waals surface area contributed by atoms with Crippen molar-refractivity contribution in [3.05, 3.63) is 0 Å². The Morgan fingerprint density at radius 2 is 2.12 bits per heavy atom. The maximum absolute atomic E-state index is 11.4. The molecule has 1 saturated carbocycles. The summed E-state index contributed by atoms with van der Waals surface area (Å²) in [6, 6.07) is 0.638. The number of nitrogens with one attached hydrogen (secondary N) is 1. The van der Waals surface area contributed by atoms with E-state index in [1.807, 2.05) is 0 Å². The zero-order valence-corrected chi connectivity index (χ0v) is 10.7. The Bertz CT molecular complexity index is 226. The summed E-state index contributed by atoms with van der Waals surface area (Å²) in [7, 11) is 1.68. The van der Waals surface area contributed by atoms with Gasteiger partial charge in [0.2, 0.25) is 5.91 Å². The molecule has 0 heterocycles. The second-order valence-corrected chi connectivity index (χ2v) is 5.00. The summed E-state index contributed by atoms with van der Waals surface area (Å²) >= 11 is 0. The van der Waals surface area contributed by atoms with Crippen molar-refractivity contribution in [3.63, 3.8) is 0 Å². The predicted octanol–water partition coefficient (Wildman–Crippen LogP) is 0.570. The third kappa shape index (κ3) is 4.10. The van der Waals surface area contributed by atoms with Crippen molar-refractivity contribution >= 4 is 5.91 Å². The molecule has 0 bridgehead atoms. The quantitative estimate of drug-likeness (QED) is 0.668. The lowest BCUT2D eigenvalue weighted by molar-refractivity contribution is -0.122. The van der Waals surface area contributed by atoms with Crippen molar-refractivity contribution < 1.29 is 4.79 Å². The number of hydrogen-bond donors (Lipinski definition) is 2. The summed E-state index contributed by atoms with van der Waals surface area (Å²) in [5.74, 6) is 0.915. The van der Waals surface area contributed by atoms with Gasteiger partial charge in [0.25, 0.3) is 0 Å². The first-order valence-electron chi connectivity index (χ1n) is 6.24. The molecule has 1 rings (SSSR count). The van der Waals surface area contributed by atoms with E-state index in [-0.39, 0.29) is 11.9 Å². The SMILES string of the molecule is CNC(=O)CC(CN)N(CC1CC1)C(C)C. The number of carbonyl (C=O) groups is 1. The van der Waals surface area contributed by atoms with Gasteiger partial charge in [0.05, 0.1) is 0 Å². The molecule has 0 saturated heterocycles. The first-order chi connectivity index (χ1) is 7.58. The molecule has 94 valence electrons. The van der Waals surface area contributed by atoms with Crippen molar-refractivity contribution in [2.45, 2.75) is 45.2 Å². The van der Waals surface area contributed by atoms with Crippen LogP contribution in [-0.4, -0.2) is 43.0 Å². The van der Waals surface area contributed by atoms with Crippen LogP contribution >= 0.6 is 0 Å². The van der Waals surface area contributed by atoms with Gasteiger partial charge in [-0.25, -0.2) is 0 Å². The minimum absolute atomic E-state index is 0.0805. The fraction of sp³-hybridized carbons (Fsp3) is 0.917. The van der Waals surface area contributed by atoms with E-state index in [0.717, 1.165) is 12.5 Å². The van der Waals surface area contributed by atoms with Crippen molar-refractivity contribution in [1.29, 1.82) is 0 Å². The molecule has 1 aliphatic rings. The van der Waals surface area contributed by atoms with E-state index in [2.05, 4.69) is 24.1 Å². The Labute approximate surface area is 98.6 Å². The molecular weight excluding hydrogens is 202 g/mol. The second kappa shape index (κ2) is 6.21. The molecule has 4 nitrogen and oxygen atoms in total. The summed E-state index contributed by atoms with van der Waals surface area (Å²) in [5, 5.41) is 2.67. The lowest BCUT2D eigenvalue weighted by Gasteiger charge is -2.34. The van der Waals surface area contributed by atoms with Crippen molar-refractivity contribution in [2.75, 3.05) is 20.1 Å². The normalized spacial score (nSPS) is 17.9. The van der Waals surface area contributed by atoms with E-state index in [1.54, 1.807) is 7.05 Å². The highest BCUT2D eigenvalue weighted by Gasteiger charge is 2.29. The molecule has 0 aromatic rings. The van der Waals surface area contributed by atoms with Gasteiger partial charge in [-0.05, 0) is 32.6 Å². The molecule has 1 unspecified atom stereocenters. The van der Waals surface area contributed by atoms with E-state index < -0.39 is 0 Å². The van der Waals surface area contributed by atoms with Crippen molar-refractivity contribution in [1.82, 2.24) is 10.2 Å². The third-order valence-corrected chi connectivity index (χ3v) is 3.27. The molecule has 1 atom stereocenters. The molecule has 1 amide bonds.